The van der Waals surface area contributed by atoms with Crippen molar-refractivity contribution in [2.75, 3.05) is 6.54 Å². The first kappa shape index (κ1) is 15.7. The van der Waals surface area contributed by atoms with E-state index in [1.165, 1.54) is 0 Å². The van der Waals surface area contributed by atoms with Crippen LogP contribution in [0.2, 0.25) is 0 Å². The molecule has 3 aromatic carbocycles. The Kier molecular flexibility index (Phi) is 3.94. The lowest BCUT2D eigenvalue weighted by Gasteiger charge is -2.49. The normalized spacial score (nSPS) is 14.3. The van der Waals surface area contributed by atoms with Crippen LogP contribution in [-0.4, -0.2) is 22.2 Å². The summed E-state index contributed by atoms with van der Waals surface area (Å²) in [4.78, 5) is 15.1. The third-order valence-corrected chi connectivity index (χ3v) is 5.07. The number of thiocarbonyl (C=S) groups is 1. The molecule has 4 rings (SSSR count). The van der Waals surface area contributed by atoms with Crippen LogP contribution in [0.3, 0.4) is 0 Å². The van der Waals surface area contributed by atoms with Crippen molar-refractivity contribution in [3.05, 3.63) is 108 Å². The summed E-state index contributed by atoms with van der Waals surface area (Å²) in [5.74, 6) is -0.0634. The van der Waals surface area contributed by atoms with E-state index in [1.807, 2.05) is 59.5 Å². The van der Waals surface area contributed by atoms with Crippen LogP contribution >= 0.6 is 12.2 Å². The molecule has 1 amide bonds. The average molecular weight is 343 g/mol. The van der Waals surface area contributed by atoms with E-state index in [-0.39, 0.29) is 5.91 Å². The minimum atomic E-state index is -0.677. The number of rotatable bonds is 4. The number of hydrogen-bond acceptors (Lipinski definition) is 2. The second-order valence-electron chi connectivity index (χ2n) is 6.12. The fourth-order valence-electron chi connectivity index (χ4n) is 3.62. The molecule has 0 aromatic heterocycles. The molecule has 1 fully saturated rings. The molecule has 0 saturated carbocycles. The number of likely N-dealkylation sites (tertiary alicyclic amines) is 1. The summed E-state index contributed by atoms with van der Waals surface area (Å²) in [6, 6.07) is 30.5. The molecule has 3 aromatic rings. The number of amides is 1. The maximum Gasteiger partial charge on any atom is 0.264 e. The Labute approximate surface area is 152 Å². The molecule has 3 heteroatoms. The average Bonchev–Trinajstić information content (AvgIpc) is 2.70. The second-order valence-corrected chi connectivity index (χ2v) is 6.62. The zero-order chi connectivity index (χ0) is 17.3. The first-order valence-corrected chi connectivity index (χ1v) is 8.67. The van der Waals surface area contributed by atoms with Gasteiger partial charge >= 0.3 is 0 Å². The molecule has 122 valence electrons. The van der Waals surface area contributed by atoms with E-state index < -0.39 is 5.54 Å². The van der Waals surface area contributed by atoms with E-state index in [9.17, 15) is 4.79 Å². The summed E-state index contributed by atoms with van der Waals surface area (Å²) in [7, 11) is 0. The van der Waals surface area contributed by atoms with Crippen LogP contribution < -0.4 is 0 Å². The summed E-state index contributed by atoms with van der Waals surface area (Å²) in [6.07, 6.45) is 0. The predicted octanol–water partition coefficient (Wildman–Crippen LogP) is 4.19. The molecule has 2 nitrogen and oxygen atoms in total. The molecule has 1 heterocycles. The fourth-order valence-corrected chi connectivity index (χ4v) is 3.86. The Morgan fingerprint density at radius 2 is 1.04 bits per heavy atom. The standard InChI is InChI=1S/C22H17NOS/c24-21-20(25)16-23(21)22(17-10-4-1-5-11-17,18-12-6-2-7-13-18)19-14-8-3-9-15-19/h1-15H,16H2. The van der Waals surface area contributed by atoms with Crippen molar-refractivity contribution in [1.29, 1.82) is 0 Å². The lowest BCUT2D eigenvalue weighted by Crippen LogP contribution is -2.63. The highest BCUT2D eigenvalue weighted by molar-refractivity contribution is 7.82. The highest BCUT2D eigenvalue weighted by atomic mass is 32.1. The zero-order valence-electron chi connectivity index (χ0n) is 13.6. The molecule has 0 atom stereocenters. The minimum Gasteiger partial charge on any atom is -0.315 e. The number of carbonyl (C=O) groups is 1. The molecule has 0 unspecified atom stereocenters. The van der Waals surface area contributed by atoms with Gasteiger partial charge in [-0.05, 0) is 16.7 Å². The molecule has 0 N–H and O–H groups in total. The monoisotopic (exact) mass is 343 g/mol. The maximum atomic E-state index is 12.7. The molecule has 1 aliphatic rings. The van der Waals surface area contributed by atoms with Crippen LogP contribution in [-0.2, 0) is 10.3 Å². The summed E-state index contributed by atoms with van der Waals surface area (Å²) < 4.78 is 0. The minimum absolute atomic E-state index is 0.0634. The number of carbonyl (C=O) groups excluding carboxylic acids is 1. The van der Waals surface area contributed by atoms with Crippen LogP contribution in [0.15, 0.2) is 91.0 Å². The van der Waals surface area contributed by atoms with Gasteiger partial charge in [0.2, 0.25) is 0 Å². The quantitative estimate of drug-likeness (QED) is 0.402. The van der Waals surface area contributed by atoms with E-state index in [2.05, 4.69) is 36.4 Å². The smallest absolute Gasteiger partial charge is 0.264 e. The largest absolute Gasteiger partial charge is 0.315 e. The van der Waals surface area contributed by atoms with E-state index in [0.29, 0.717) is 11.4 Å². The highest BCUT2D eigenvalue weighted by Gasteiger charge is 2.50. The van der Waals surface area contributed by atoms with Crippen molar-refractivity contribution >= 4 is 23.0 Å². The fraction of sp³-hybridized carbons (Fsp3) is 0.0909. The van der Waals surface area contributed by atoms with Gasteiger partial charge in [-0.25, -0.2) is 0 Å². The molecule has 0 spiro atoms. The van der Waals surface area contributed by atoms with E-state index in [0.717, 1.165) is 16.7 Å². The van der Waals surface area contributed by atoms with E-state index >= 15 is 0 Å². The van der Waals surface area contributed by atoms with Gasteiger partial charge in [0.1, 0.15) is 5.54 Å². The van der Waals surface area contributed by atoms with Crippen molar-refractivity contribution < 1.29 is 4.79 Å². The van der Waals surface area contributed by atoms with Gasteiger partial charge in [0.25, 0.3) is 5.91 Å². The van der Waals surface area contributed by atoms with Gasteiger partial charge in [-0.1, -0.05) is 103 Å². The third-order valence-electron chi connectivity index (χ3n) is 4.76. The molecule has 1 aliphatic heterocycles. The van der Waals surface area contributed by atoms with Crippen molar-refractivity contribution in [3.63, 3.8) is 0 Å². The lowest BCUT2D eigenvalue weighted by atomic mass is 9.74. The number of β-lactam (4-membered cyclic amide) rings is 1. The lowest BCUT2D eigenvalue weighted by molar-refractivity contribution is -0.131. The second kappa shape index (κ2) is 6.26. The summed E-state index contributed by atoms with van der Waals surface area (Å²) >= 11 is 5.21. The number of hydrogen-bond donors (Lipinski definition) is 0. The van der Waals surface area contributed by atoms with E-state index in [1.54, 1.807) is 0 Å². The van der Waals surface area contributed by atoms with Crippen molar-refractivity contribution in [1.82, 2.24) is 4.90 Å². The molecule has 1 saturated heterocycles. The van der Waals surface area contributed by atoms with Gasteiger partial charge in [0.05, 0.1) is 11.4 Å². The Morgan fingerprint density at radius 1 is 0.680 bits per heavy atom. The van der Waals surface area contributed by atoms with Crippen LogP contribution in [0, 0.1) is 0 Å². The van der Waals surface area contributed by atoms with Gasteiger partial charge in [-0.15, -0.1) is 0 Å². The van der Waals surface area contributed by atoms with Gasteiger partial charge in [0.15, 0.2) is 0 Å². The Balaban J connectivity index is 2.05. The topological polar surface area (TPSA) is 20.3 Å². The van der Waals surface area contributed by atoms with Crippen LogP contribution in [0.4, 0.5) is 0 Å². The van der Waals surface area contributed by atoms with Gasteiger partial charge in [0, 0.05) is 0 Å². The first-order chi connectivity index (χ1) is 12.2. The van der Waals surface area contributed by atoms with Crippen LogP contribution in [0.5, 0.6) is 0 Å². The maximum absolute atomic E-state index is 12.7. The van der Waals surface area contributed by atoms with E-state index in [4.69, 9.17) is 12.2 Å². The Bertz CT molecular complexity index is 810. The first-order valence-electron chi connectivity index (χ1n) is 8.26. The van der Waals surface area contributed by atoms with Crippen molar-refractivity contribution in [2.45, 2.75) is 5.54 Å². The predicted molar refractivity (Wildman–Crippen MR) is 104 cm³/mol. The van der Waals surface area contributed by atoms with Gasteiger partial charge in [-0.2, -0.15) is 0 Å². The van der Waals surface area contributed by atoms with Crippen LogP contribution in [0.25, 0.3) is 0 Å². The SMILES string of the molecule is O=C1C(=S)CN1C(c1ccccc1)(c1ccccc1)c1ccccc1. The van der Waals surface area contributed by atoms with Crippen molar-refractivity contribution in [2.24, 2.45) is 0 Å². The molecular weight excluding hydrogens is 326 g/mol. The molecule has 0 bridgehead atoms. The highest BCUT2D eigenvalue weighted by Crippen LogP contribution is 2.44. The van der Waals surface area contributed by atoms with Crippen molar-refractivity contribution in [3.8, 4) is 0 Å². The summed E-state index contributed by atoms with van der Waals surface area (Å²) in [5.41, 5.74) is 2.50. The number of benzene rings is 3. The Hall–Kier alpha value is -2.78. The zero-order valence-corrected chi connectivity index (χ0v) is 14.4. The number of nitrogens with zero attached hydrogens (tertiary/aromatic N) is 1. The molecular formula is C22H17NOS. The summed E-state index contributed by atoms with van der Waals surface area (Å²) in [6.45, 7) is 0.493. The van der Waals surface area contributed by atoms with Crippen LogP contribution in [0.1, 0.15) is 16.7 Å². The molecule has 25 heavy (non-hydrogen) atoms. The van der Waals surface area contributed by atoms with Gasteiger partial charge in [-0.3, -0.25) is 4.79 Å². The third kappa shape index (κ3) is 2.39. The molecule has 0 radical (unpaired) electrons. The Morgan fingerprint density at radius 3 is 1.32 bits per heavy atom. The molecule has 0 aliphatic carbocycles. The van der Waals surface area contributed by atoms with Gasteiger partial charge < -0.3 is 4.90 Å². The summed E-state index contributed by atoms with van der Waals surface area (Å²) in [5, 5.41) is 0.